The van der Waals surface area contributed by atoms with Crippen molar-refractivity contribution in [1.82, 2.24) is 15.1 Å². The van der Waals surface area contributed by atoms with Gasteiger partial charge in [0, 0.05) is 45.7 Å². The topological polar surface area (TPSA) is 72.9 Å². The van der Waals surface area contributed by atoms with E-state index in [-0.39, 0.29) is 12.3 Å². The molecule has 0 unspecified atom stereocenters. The first kappa shape index (κ1) is 16.2. The zero-order chi connectivity index (χ0) is 15.3. The summed E-state index contributed by atoms with van der Waals surface area (Å²) in [4.78, 5) is 28.1. The van der Waals surface area contributed by atoms with Gasteiger partial charge in [0.25, 0.3) is 0 Å². The molecule has 1 saturated carbocycles. The molecule has 2 N–H and O–H groups in total. The van der Waals surface area contributed by atoms with Crippen LogP contribution in [0.2, 0.25) is 0 Å². The van der Waals surface area contributed by atoms with Gasteiger partial charge in [-0.05, 0) is 19.9 Å². The van der Waals surface area contributed by atoms with E-state index in [2.05, 4.69) is 22.2 Å². The molecule has 1 heterocycles. The van der Waals surface area contributed by atoms with Crippen LogP contribution in [0, 0.1) is 5.41 Å². The van der Waals surface area contributed by atoms with Crippen LogP contribution >= 0.6 is 0 Å². The summed E-state index contributed by atoms with van der Waals surface area (Å²) in [6.07, 6.45) is 3.23. The van der Waals surface area contributed by atoms with Crippen LogP contribution in [0.3, 0.4) is 0 Å². The maximum absolute atomic E-state index is 12.0. The molecule has 6 heteroatoms. The fourth-order valence-electron chi connectivity index (χ4n) is 3.31. The molecule has 0 aromatic rings. The minimum absolute atomic E-state index is 0.117. The summed E-state index contributed by atoms with van der Waals surface area (Å²) in [6.45, 7) is 5.65. The molecule has 0 spiro atoms. The first-order chi connectivity index (χ1) is 10.0. The van der Waals surface area contributed by atoms with E-state index in [0.717, 1.165) is 45.6 Å². The van der Waals surface area contributed by atoms with Gasteiger partial charge in [0.15, 0.2) is 0 Å². The van der Waals surface area contributed by atoms with Crippen molar-refractivity contribution in [3.63, 3.8) is 0 Å². The maximum Gasteiger partial charge on any atom is 0.310 e. The molecule has 0 atom stereocenters. The summed E-state index contributed by atoms with van der Waals surface area (Å²) < 4.78 is 0. The van der Waals surface area contributed by atoms with E-state index >= 15 is 0 Å². The number of piperazine rings is 1. The van der Waals surface area contributed by atoms with Gasteiger partial charge in [-0.2, -0.15) is 0 Å². The third-order valence-electron chi connectivity index (χ3n) is 4.86. The fourth-order valence-corrected chi connectivity index (χ4v) is 3.31. The summed E-state index contributed by atoms with van der Waals surface area (Å²) in [7, 11) is 2.12. The van der Waals surface area contributed by atoms with E-state index in [9.17, 15) is 14.7 Å². The molecule has 21 heavy (non-hydrogen) atoms. The number of carboxylic acid groups (broad SMARTS) is 1. The molecule has 1 amide bonds. The highest BCUT2D eigenvalue weighted by molar-refractivity contribution is 5.85. The molecule has 2 rings (SSSR count). The zero-order valence-corrected chi connectivity index (χ0v) is 12.9. The average molecular weight is 297 g/mol. The predicted molar refractivity (Wildman–Crippen MR) is 80.1 cm³/mol. The van der Waals surface area contributed by atoms with Gasteiger partial charge in [0.2, 0.25) is 5.91 Å². The number of carbonyl (C=O) groups excluding carboxylic acids is 1. The highest BCUT2D eigenvalue weighted by Crippen LogP contribution is 2.41. The quantitative estimate of drug-likeness (QED) is 0.742. The summed E-state index contributed by atoms with van der Waals surface area (Å²) in [5, 5.41) is 12.3. The number of aliphatic carboxylic acids is 1. The van der Waals surface area contributed by atoms with E-state index in [0.29, 0.717) is 19.4 Å². The maximum atomic E-state index is 12.0. The highest BCUT2D eigenvalue weighted by atomic mass is 16.4. The van der Waals surface area contributed by atoms with Crippen molar-refractivity contribution in [2.75, 3.05) is 46.3 Å². The Hall–Kier alpha value is -1.14. The Morgan fingerprint density at radius 2 is 1.76 bits per heavy atom. The molecule has 0 aromatic heterocycles. The van der Waals surface area contributed by atoms with E-state index in [1.807, 2.05) is 0 Å². The minimum Gasteiger partial charge on any atom is -0.481 e. The van der Waals surface area contributed by atoms with Gasteiger partial charge in [-0.1, -0.05) is 12.8 Å². The summed E-state index contributed by atoms with van der Waals surface area (Å²) in [6, 6.07) is 0. The number of hydrogen-bond donors (Lipinski definition) is 2. The Bertz CT molecular complexity index is 372. The lowest BCUT2D eigenvalue weighted by Crippen LogP contribution is -2.47. The van der Waals surface area contributed by atoms with Crippen molar-refractivity contribution in [2.45, 2.75) is 32.1 Å². The van der Waals surface area contributed by atoms with Crippen LogP contribution in [-0.4, -0.2) is 73.1 Å². The van der Waals surface area contributed by atoms with Gasteiger partial charge in [-0.25, -0.2) is 0 Å². The van der Waals surface area contributed by atoms with Gasteiger partial charge in [-0.3, -0.25) is 14.5 Å². The molecule has 2 fully saturated rings. The van der Waals surface area contributed by atoms with Crippen molar-refractivity contribution in [1.29, 1.82) is 0 Å². The first-order valence-electron chi connectivity index (χ1n) is 7.93. The average Bonchev–Trinajstić information content (AvgIpc) is 2.91. The molecule has 1 aliphatic carbocycles. The summed E-state index contributed by atoms with van der Waals surface area (Å²) in [5.74, 6) is -0.928. The fraction of sp³-hybridized carbons (Fsp3) is 0.867. The zero-order valence-electron chi connectivity index (χ0n) is 12.9. The van der Waals surface area contributed by atoms with Gasteiger partial charge < -0.3 is 15.3 Å². The molecule has 0 radical (unpaired) electrons. The molecule has 1 aliphatic heterocycles. The Kier molecular flexibility index (Phi) is 5.58. The lowest BCUT2D eigenvalue weighted by atomic mass is 9.82. The standard InChI is InChI=1S/C15H27N3O3/c1-17-8-10-18(11-9-17)7-6-16-13(19)12-15(14(20)21)4-2-3-5-15/h2-12H2,1H3,(H,16,19)(H,20,21). The molecule has 6 nitrogen and oxygen atoms in total. The van der Waals surface area contributed by atoms with Crippen molar-refractivity contribution < 1.29 is 14.7 Å². The minimum atomic E-state index is -0.811. The summed E-state index contributed by atoms with van der Waals surface area (Å²) in [5.41, 5.74) is -0.808. The van der Waals surface area contributed by atoms with Crippen LogP contribution < -0.4 is 5.32 Å². The SMILES string of the molecule is CN1CCN(CCNC(=O)CC2(C(=O)O)CCCC2)CC1. The lowest BCUT2D eigenvalue weighted by molar-refractivity contribution is -0.151. The van der Waals surface area contributed by atoms with Gasteiger partial charge in [0.05, 0.1) is 5.41 Å². The Morgan fingerprint density at radius 3 is 2.33 bits per heavy atom. The Morgan fingerprint density at radius 1 is 1.14 bits per heavy atom. The molecule has 0 aromatic carbocycles. The smallest absolute Gasteiger partial charge is 0.310 e. The molecular formula is C15H27N3O3. The number of rotatable bonds is 6. The Balaban J connectivity index is 1.68. The van der Waals surface area contributed by atoms with Crippen LogP contribution in [-0.2, 0) is 9.59 Å². The number of hydrogen-bond acceptors (Lipinski definition) is 4. The number of carbonyl (C=O) groups is 2. The number of nitrogens with one attached hydrogen (secondary N) is 1. The van der Waals surface area contributed by atoms with E-state index < -0.39 is 11.4 Å². The van der Waals surface area contributed by atoms with Crippen molar-refractivity contribution in [2.24, 2.45) is 5.41 Å². The molecule has 120 valence electrons. The molecule has 2 aliphatic rings. The predicted octanol–water partition coefficient (Wildman–Crippen LogP) is 0.385. The van der Waals surface area contributed by atoms with Crippen molar-refractivity contribution >= 4 is 11.9 Å². The normalized spacial score (nSPS) is 23.1. The monoisotopic (exact) mass is 297 g/mol. The van der Waals surface area contributed by atoms with Gasteiger partial charge >= 0.3 is 5.97 Å². The second-order valence-corrected chi connectivity index (χ2v) is 6.46. The second-order valence-electron chi connectivity index (χ2n) is 6.46. The van der Waals surface area contributed by atoms with Crippen molar-refractivity contribution in [3.8, 4) is 0 Å². The van der Waals surface area contributed by atoms with E-state index in [4.69, 9.17) is 0 Å². The van der Waals surface area contributed by atoms with Crippen LogP contribution in [0.15, 0.2) is 0 Å². The molecular weight excluding hydrogens is 270 g/mol. The van der Waals surface area contributed by atoms with Crippen molar-refractivity contribution in [3.05, 3.63) is 0 Å². The molecule has 1 saturated heterocycles. The molecule has 0 bridgehead atoms. The van der Waals surface area contributed by atoms with Crippen LogP contribution in [0.1, 0.15) is 32.1 Å². The van der Waals surface area contributed by atoms with Gasteiger partial charge in [0.1, 0.15) is 0 Å². The van der Waals surface area contributed by atoms with Crippen LogP contribution in [0.25, 0.3) is 0 Å². The van der Waals surface area contributed by atoms with Crippen LogP contribution in [0.5, 0.6) is 0 Å². The summed E-state index contributed by atoms with van der Waals surface area (Å²) >= 11 is 0. The Labute approximate surface area is 126 Å². The van der Waals surface area contributed by atoms with Gasteiger partial charge in [-0.15, -0.1) is 0 Å². The third-order valence-corrected chi connectivity index (χ3v) is 4.86. The number of amides is 1. The largest absolute Gasteiger partial charge is 0.481 e. The second kappa shape index (κ2) is 7.22. The highest BCUT2D eigenvalue weighted by Gasteiger charge is 2.42. The number of nitrogens with zero attached hydrogens (tertiary/aromatic N) is 2. The van der Waals surface area contributed by atoms with E-state index in [1.165, 1.54) is 0 Å². The van der Waals surface area contributed by atoms with Crippen LogP contribution in [0.4, 0.5) is 0 Å². The number of likely N-dealkylation sites (N-methyl/N-ethyl adjacent to an activating group) is 1. The van der Waals surface area contributed by atoms with E-state index in [1.54, 1.807) is 0 Å². The third kappa shape index (κ3) is 4.41. The number of carboxylic acids is 1. The first-order valence-corrected chi connectivity index (χ1v) is 7.93. The lowest BCUT2D eigenvalue weighted by Gasteiger charge is -2.32.